The van der Waals surface area contributed by atoms with Crippen molar-refractivity contribution >= 4 is 172 Å². The van der Waals surface area contributed by atoms with E-state index in [4.69, 9.17) is 196 Å². The average molecular weight is 1380 g/mol. The number of hydrogen-bond acceptors (Lipinski definition) is 12. The summed E-state index contributed by atoms with van der Waals surface area (Å²) in [6.07, 6.45) is 1.98. The fourth-order valence-corrected chi connectivity index (χ4v) is 12.3. The third-order valence-corrected chi connectivity index (χ3v) is 17.7. The van der Waals surface area contributed by atoms with E-state index in [-0.39, 0.29) is 231 Å². The molecule has 8 aromatic rings. The molecule has 8 bridgehead atoms. The molecule has 3 aromatic heterocycles. The molecule has 0 radical (unpaired) electrons. The molecule has 2 aliphatic rings. The normalized spacial score (nSPS) is 11.9. The van der Waals surface area contributed by atoms with Gasteiger partial charge in [-0.3, -0.25) is 0 Å². The number of hydrogen-bond donors (Lipinski definition) is 0. The predicted octanol–water partition coefficient (Wildman–Crippen LogP) is 19.7. The van der Waals surface area contributed by atoms with Gasteiger partial charge in [0, 0.05) is 72.0 Å². The summed E-state index contributed by atoms with van der Waals surface area (Å²) in [6, 6.07) is 5.14. The molecule has 2 aliphatic heterocycles. The van der Waals surface area contributed by atoms with Crippen molar-refractivity contribution < 1.29 is 47.9 Å². The first-order valence-electron chi connectivity index (χ1n) is 25.2. The largest absolute Gasteiger partial charge is 2.00 e. The molecule has 26 heteroatoms. The van der Waals surface area contributed by atoms with Crippen molar-refractivity contribution in [2.75, 3.05) is 34.0 Å². The van der Waals surface area contributed by atoms with Gasteiger partial charge in [-0.05, 0) is 56.1 Å². The number of fused-ring (bicyclic) bond motifs is 20. The molecule has 0 spiro atoms. The first kappa shape index (κ1) is 62.6. The molecular formula is C56H45Cl11N8O6Zn. The summed E-state index contributed by atoms with van der Waals surface area (Å²) < 4.78 is 36.8. The van der Waals surface area contributed by atoms with Crippen LogP contribution in [0.4, 0.5) is 0 Å². The zero-order valence-electron chi connectivity index (χ0n) is 45.1. The zero-order valence-corrected chi connectivity index (χ0v) is 56.4. The first-order valence-corrected chi connectivity index (χ1v) is 29.4. The molecule has 0 fully saturated rings. The van der Waals surface area contributed by atoms with Crippen LogP contribution in [0, 0.1) is 24.7 Å². The van der Waals surface area contributed by atoms with Crippen LogP contribution in [0.25, 0.3) is 89.7 Å². The maximum Gasteiger partial charge on any atom is 2.00 e. The zero-order chi connectivity index (χ0) is 58.2. The minimum atomic E-state index is -0.0782. The number of benzene rings is 5. The molecule has 0 saturated carbocycles. The minimum absolute atomic E-state index is 0. The summed E-state index contributed by atoms with van der Waals surface area (Å²) >= 11 is 80.4. The first-order chi connectivity index (χ1) is 38.6. The molecule has 14 nitrogen and oxygen atoms in total. The summed E-state index contributed by atoms with van der Waals surface area (Å²) in [5, 5.41) is 0.671. The van der Waals surface area contributed by atoms with E-state index in [1.165, 1.54) is 14.2 Å². The van der Waals surface area contributed by atoms with Crippen molar-refractivity contribution in [3.8, 4) is 85.8 Å². The summed E-state index contributed by atoms with van der Waals surface area (Å²) in [7, 11) is 2.98. The van der Waals surface area contributed by atoms with Crippen LogP contribution in [0.3, 0.4) is 0 Å². The predicted molar refractivity (Wildman–Crippen MR) is 328 cm³/mol. The van der Waals surface area contributed by atoms with Gasteiger partial charge in [0.1, 0.15) is 15.1 Å². The molecule has 5 aromatic carbocycles. The molecular weight excluding hydrogens is 1340 g/mol. The van der Waals surface area contributed by atoms with Crippen molar-refractivity contribution in [2.24, 2.45) is 17.8 Å². The van der Waals surface area contributed by atoms with Gasteiger partial charge in [0.2, 0.25) is 5.75 Å². The smallest absolute Gasteiger partial charge is 0.493 e. The second-order valence-electron chi connectivity index (χ2n) is 20.1. The Balaban J connectivity index is 0.00000810. The van der Waals surface area contributed by atoms with Crippen LogP contribution >= 0.6 is 128 Å². The Bertz CT molecular complexity index is 4080. The number of methoxy groups -OCH3 is 2. The molecule has 5 heterocycles. The Hall–Kier alpha value is -3.93. The maximum absolute atomic E-state index is 7.58. The van der Waals surface area contributed by atoms with E-state index < -0.39 is 0 Å². The van der Waals surface area contributed by atoms with E-state index in [2.05, 4.69) is 41.5 Å². The minimum Gasteiger partial charge on any atom is -0.493 e. The van der Waals surface area contributed by atoms with Crippen molar-refractivity contribution in [3.63, 3.8) is 0 Å². The quantitative estimate of drug-likeness (QED) is 0.0664. The molecule has 0 N–H and O–H groups in total. The molecule has 0 unspecified atom stereocenters. The number of rotatable bonds is 16. The fourth-order valence-electron chi connectivity index (χ4n) is 8.99. The third-order valence-electron chi connectivity index (χ3n) is 13.3. The Morgan fingerprint density at radius 1 is 0.390 bits per heavy atom. The topological polar surface area (TPSA) is 161 Å². The average Bonchev–Trinajstić information content (AvgIpc) is 4.27. The van der Waals surface area contributed by atoms with E-state index >= 15 is 0 Å². The Morgan fingerprint density at radius 2 is 0.707 bits per heavy atom. The van der Waals surface area contributed by atoms with Gasteiger partial charge in [-0.15, -0.1) is 0 Å². The number of para-hydroxylation sites is 1. The number of nitrogens with zero attached hydrogens (tertiary/aromatic N) is 8. The number of aromatic nitrogens is 8. The summed E-state index contributed by atoms with van der Waals surface area (Å²) in [4.78, 5) is 40.3. The van der Waals surface area contributed by atoms with Gasteiger partial charge in [-0.2, -0.15) is 0 Å². The number of ether oxygens (including phenoxy) is 6. The summed E-state index contributed by atoms with van der Waals surface area (Å²) in [6.45, 7) is 14.8. The molecule has 10 rings (SSSR count). The second kappa shape index (κ2) is 25.2. The Labute approximate surface area is 539 Å². The van der Waals surface area contributed by atoms with Gasteiger partial charge >= 0.3 is 19.5 Å². The van der Waals surface area contributed by atoms with Crippen LogP contribution in [0.1, 0.15) is 66.4 Å². The maximum atomic E-state index is 7.58. The molecule has 0 aliphatic carbocycles. The third kappa shape index (κ3) is 11.2. The van der Waals surface area contributed by atoms with Gasteiger partial charge in [0.25, 0.3) is 0 Å². The van der Waals surface area contributed by atoms with E-state index in [0.717, 1.165) is 0 Å². The van der Waals surface area contributed by atoms with Crippen LogP contribution < -0.4 is 38.4 Å². The molecule has 82 heavy (non-hydrogen) atoms. The molecule has 0 saturated heterocycles. The standard InChI is InChI=1S/C56H45Cl11N8O6.Zn/c1-19(2)13-16-78-46-38(62)30-26(34(58)41(46)65)50-68-49-25-29(37(61)44(22(7)33(25)57)81-45-23(76-8)11-10-12-24(45)77-9)53(69-49)75-56-32-28(36(60)43(67)48(40(32)64)80-18-15-21(5)6)52(74-56)73-55-31-27(51(72-55)71-54(30)70-50)35(59)42(66)47(39(31)63)79-17-14-20(3)4;/h10-12,19-21H,13-18H2,1-9H3;/q-2;+2. The van der Waals surface area contributed by atoms with E-state index in [1.54, 1.807) is 25.1 Å². The van der Waals surface area contributed by atoms with Crippen molar-refractivity contribution in [1.29, 1.82) is 0 Å². The molecule has 0 amide bonds. The van der Waals surface area contributed by atoms with Crippen LogP contribution in [0.2, 0.25) is 55.2 Å². The van der Waals surface area contributed by atoms with Crippen molar-refractivity contribution in [2.45, 2.75) is 67.7 Å². The van der Waals surface area contributed by atoms with Gasteiger partial charge in [-0.25, -0.2) is 9.97 Å². The van der Waals surface area contributed by atoms with Crippen molar-refractivity contribution in [1.82, 2.24) is 39.9 Å². The van der Waals surface area contributed by atoms with E-state index in [1.807, 2.05) is 0 Å². The summed E-state index contributed by atoms with van der Waals surface area (Å²) in [5.41, 5.74) is 0.740. The Morgan fingerprint density at radius 3 is 1.07 bits per heavy atom. The second-order valence-corrected chi connectivity index (χ2v) is 24.2. The van der Waals surface area contributed by atoms with Crippen LogP contribution in [0.5, 0.6) is 40.2 Å². The fraction of sp³-hybridized carbons (Fsp3) is 0.321. The van der Waals surface area contributed by atoms with Crippen LogP contribution in [0.15, 0.2) is 18.2 Å². The molecule has 424 valence electrons. The van der Waals surface area contributed by atoms with Gasteiger partial charge in [0.05, 0.1) is 97.5 Å². The van der Waals surface area contributed by atoms with Gasteiger partial charge in [-0.1, -0.05) is 175 Å². The van der Waals surface area contributed by atoms with E-state index in [0.29, 0.717) is 36.3 Å². The van der Waals surface area contributed by atoms with E-state index in [9.17, 15) is 0 Å². The summed E-state index contributed by atoms with van der Waals surface area (Å²) in [5.74, 6) is 1.74. The van der Waals surface area contributed by atoms with Crippen LogP contribution in [-0.4, -0.2) is 63.9 Å². The van der Waals surface area contributed by atoms with Crippen LogP contribution in [-0.2, 0) is 19.5 Å². The molecule has 0 atom stereocenters. The monoisotopic (exact) mass is 1370 g/mol. The number of halogens is 11. The van der Waals surface area contributed by atoms with Gasteiger partial charge in [0.15, 0.2) is 34.5 Å². The van der Waals surface area contributed by atoms with Gasteiger partial charge < -0.3 is 58.3 Å². The Kier molecular flexibility index (Phi) is 19.2. The van der Waals surface area contributed by atoms with Crippen molar-refractivity contribution in [3.05, 3.63) is 79.0 Å². The SMILES string of the molecule is COc1cccc(OC)c1Oc1c(C)c(Cl)c2c3nc4nc(nc5[n-]c(nc6nc(nc([n-]3)c2c1Cl)-c1c(Cl)c(OCCC(C)C)c(Cl)c(Cl)c1-6)c1c(Cl)c(OCCC(C)C)c(Cl)c(Cl)c51)-c1c(Cl)c(OCCC(C)C)c(Cl)c(Cl)c1-4.[Zn+2].